The first-order valence-electron chi connectivity index (χ1n) is 15.2. The Balaban J connectivity index is 1.46. The number of ether oxygens (including phenoxy) is 1. The highest BCUT2D eigenvalue weighted by Crippen LogP contribution is 2.40. The number of nitro groups is 1. The summed E-state index contributed by atoms with van der Waals surface area (Å²) in [6.45, 7) is 0. The van der Waals surface area contributed by atoms with Gasteiger partial charge in [-0.3, -0.25) is 10.1 Å². The Morgan fingerprint density at radius 2 is 1.71 bits per heavy atom. The van der Waals surface area contributed by atoms with Gasteiger partial charge in [0.05, 0.1) is 51.8 Å². The van der Waals surface area contributed by atoms with Crippen LogP contribution in [0.1, 0.15) is 54.9 Å². The van der Waals surface area contributed by atoms with Gasteiger partial charge in [-0.2, -0.15) is 0 Å². The number of carbonyl (C=O) groups is 1. The highest BCUT2D eigenvalue weighted by atomic mass is 16.6. The van der Waals surface area contributed by atoms with Crippen LogP contribution in [-0.4, -0.2) is 36.9 Å². The Morgan fingerprint density at radius 3 is 2.49 bits per heavy atom. The summed E-state index contributed by atoms with van der Waals surface area (Å²) < 4.78 is 15.2. The first kappa shape index (κ1) is 27.1. The lowest BCUT2D eigenvalue weighted by Gasteiger charge is -2.21. The molecule has 1 aliphatic rings. The molecule has 0 amide bonds. The summed E-state index contributed by atoms with van der Waals surface area (Å²) in [4.78, 5) is 33.6. The number of rotatable bonds is 5. The number of fused-ring (bicyclic) bond motifs is 6. The molecule has 1 saturated carbocycles. The van der Waals surface area contributed by atoms with E-state index in [1.165, 1.54) is 26.0 Å². The van der Waals surface area contributed by atoms with Crippen LogP contribution in [0.5, 0.6) is 0 Å². The monoisotopic (exact) mass is 599 g/mol. The van der Waals surface area contributed by atoms with Gasteiger partial charge in [0, 0.05) is 17.0 Å². The molecule has 0 saturated heterocycles. The Hall–Kier alpha value is -5.51. The zero-order valence-electron chi connectivity index (χ0n) is 24.6. The smallest absolute Gasteiger partial charge is 0.433 e. The van der Waals surface area contributed by atoms with Crippen molar-refractivity contribution in [1.82, 2.24) is 18.9 Å². The van der Waals surface area contributed by atoms with E-state index in [1.807, 2.05) is 54.6 Å². The number of nitrogens with zero attached hydrogens (tertiary/aromatic N) is 5. The second-order valence-electron chi connectivity index (χ2n) is 11.6. The standard InChI is InChI=1S/C35H29N5O5/c1-44-35(41)22-15-16-28-26(19-22)37-34(38(28)23-10-4-2-3-5-11-23)24-12-8-13-25-33(24)39-27-14-7-6-9-21(27)20-29(39)32(36-25)30-17-18-31(45-30)40(42)43/h6-9,12-20,23H,2-5,10-11H2,1H3. The molecule has 0 aliphatic heterocycles. The van der Waals surface area contributed by atoms with E-state index < -0.39 is 10.9 Å². The number of hydrogen-bond donors (Lipinski definition) is 0. The molecule has 10 nitrogen and oxygen atoms in total. The van der Waals surface area contributed by atoms with Crippen LogP contribution in [0.15, 0.2) is 83.3 Å². The Kier molecular flexibility index (Phi) is 6.37. The molecule has 1 aliphatic carbocycles. The minimum atomic E-state index is -0.544. The van der Waals surface area contributed by atoms with Crippen LogP contribution in [0.3, 0.4) is 0 Å². The summed E-state index contributed by atoms with van der Waals surface area (Å²) >= 11 is 0. The van der Waals surface area contributed by atoms with Crippen LogP contribution in [0, 0.1) is 10.1 Å². The Morgan fingerprint density at radius 1 is 0.889 bits per heavy atom. The molecule has 0 radical (unpaired) electrons. The molecular weight excluding hydrogens is 570 g/mol. The van der Waals surface area contributed by atoms with Crippen molar-refractivity contribution >= 4 is 50.3 Å². The molecule has 3 aromatic carbocycles. The zero-order chi connectivity index (χ0) is 30.7. The summed E-state index contributed by atoms with van der Waals surface area (Å²) in [5, 5.41) is 12.5. The lowest BCUT2D eigenvalue weighted by Crippen LogP contribution is -2.10. The molecule has 1 fully saturated rings. The predicted octanol–water partition coefficient (Wildman–Crippen LogP) is 8.51. The van der Waals surface area contributed by atoms with Gasteiger partial charge in [0.15, 0.2) is 5.76 Å². The quantitative estimate of drug-likeness (QED) is 0.0842. The topological polar surface area (TPSA) is 118 Å². The molecule has 0 N–H and O–H groups in total. The molecule has 45 heavy (non-hydrogen) atoms. The molecule has 0 unspecified atom stereocenters. The van der Waals surface area contributed by atoms with E-state index in [-0.39, 0.29) is 11.9 Å². The van der Waals surface area contributed by atoms with Crippen LogP contribution >= 0.6 is 0 Å². The molecular formula is C35H29N5O5. The van der Waals surface area contributed by atoms with Crippen LogP contribution in [0.4, 0.5) is 5.88 Å². The number of hydrogen-bond acceptors (Lipinski definition) is 7. The first-order chi connectivity index (χ1) is 22.0. The average Bonchev–Trinajstić information content (AvgIpc) is 3.74. The molecule has 4 aromatic heterocycles. The number of carbonyl (C=O) groups excluding carboxylic acids is 1. The minimum Gasteiger partial charge on any atom is -0.465 e. The van der Waals surface area contributed by atoms with Crippen LogP contribution in [0.25, 0.3) is 61.3 Å². The third-order valence-corrected chi connectivity index (χ3v) is 8.97. The summed E-state index contributed by atoms with van der Waals surface area (Å²) in [6, 6.07) is 24.9. The number of esters is 1. The number of methoxy groups -OCH3 is 1. The molecule has 10 heteroatoms. The number of imidazole rings is 1. The van der Waals surface area contributed by atoms with Crippen molar-refractivity contribution in [3.8, 4) is 22.8 Å². The maximum Gasteiger partial charge on any atom is 0.433 e. The molecule has 0 atom stereocenters. The summed E-state index contributed by atoms with van der Waals surface area (Å²) in [7, 11) is 1.38. The van der Waals surface area contributed by atoms with Gasteiger partial charge in [0.25, 0.3) is 0 Å². The average molecular weight is 600 g/mol. The highest BCUT2D eigenvalue weighted by Gasteiger charge is 2.26. The van der Waals surface area contributed by atoms with Gasteiger partial charge in [0.1, 0.15) is 16.4 Å². The van der Waals surface area contributed by atoms with E-state index in [2.05, 4.69) is 21.1 Å². The molecule has 0 spiro atoms. The van der Waals surface area contributed by atoms with Crippen molar-refractivity contribution in [3.05, 3.63) is 94.5 Å². The molecule has 7 aromatic rings. The van der Waals surface area contributed by atoms with Crippen molar-refractivity contribution in [2.45, 2.75) is 44.6 Å². The third kappa shape index (κ3) is 4.35. The summed E-state index contributed by atoms with van der Waals surface area (Å²) in [6.07, 6.45) is 6.81. The van der Waals surface area contributed by atoms with Crippen molar-refractivity contribution in [1.29, 1.82) is 0 Å². The van der Waals surface area contributed by atoms with Gasteiger partial charge >= 0.3 is 11.9 Å². The fraction of sp³-hybridized carbons (Fsp3) is 0.229. The lowest BCUT2D eigenvalue weighted by atomic mass is 10.1. The summed E-state index contributed by atoms with van der Waals surface area (Å²) in [5.74, 6) is 0.399. The van der Waals surface area contributed by atoms with Gasteiger partial charge < -0.3 is 18.1 Å². The van der Waals surface area contributed by atoms with Gasteiger partial charge in [-0.25, -0.2) is 14.8 Å². The fourth-order valence-electron chi connectivity index (χ4n) is 6.94. The Bertz CT molecular complexity index is 2290. The van der Waals surface area contributed by atoms with E-state index >= 15 is 0 Å². The maximum absolute atomic E-state index is 12.5. The second-order valence-corrected chi connectivity index (χ2v) is 11.6. The van der Waals surface area contributed by atoms with E-state index in [0.29, 0.717) is 22.5 Å². The van der Waals surface area contributed by atoms with Crippen molar-refractivity contribution < 1.29 is 18.9 Å². The van der Waals surface area contributed by atoms with E-state index in [9.17, 15) is 14.9 Å². The first-order valence-corrected chi connectivity index (χ1v) is 15.2. The second kappa shape index (κ2) is 10.6. The van der Waals surface area contributed by atoms with Gasteiger partial charge in [0.2, 0.25) is 0 Å². The van der Waals surface area contributed by atoms with Crippen molar-refractivity contribution in [2.24, 2.45) is 0 Å². The molecule has 4 heterocycles. The SMILES string of the molecule is COC(=O)c1ccc2c(c1)nc(-c1cccc3nc(-c4ccc([N+](=O)[O-])o4)c4cc5ccccc5n4c13)n2C1CCCCCC1. The van der Waals surface area contributed by atoms with E-state index in [1.54, 1.807) is 6.07 Å². The lowest BCUT2D eigenvalue weighted by molar-refractivity contribution is -0.401. The number of benzene rings is 3. The zero-order valence-corrected chi connectivity index (χ0v) is 24.6. The highest BCUT2D eigenvalue weighted by molar-refractivity contribution is 6.03. The van der Waals surface area contributed by atoms with Gasteiger partial charge in [-0.05, 0) is 61.4 Å². The minimum absolute atomic E-state index is 0.250. The van der Waals surface area contributed by atoms with Gasteiger partial charge in [-0.15, -0.1) is 0 Å². The number of para-hydroxylation sites is 2. The number of aromatic nitrogens is 4. The number of furan rings is 1. The van der Waals surface area contributed by atoms with Gasteiger partial charge in [-0.1, -0.05) is 49.9 Å². The van der Waals surface area contributed by atoms with Crippen molar-refractivity contribution in [2.75, 3.05) is 7.11 Å². The Labute approximate surface area is 257 Å². The normalized spacial score (nSPS) is 14.4. The fourth-order valence-corrected chi connectivity index (χ4v) is 6.94. The predicted molar refractivity (Wildman–Crippen MR) is 171 cm³/mol. The summed E-state index contributed by atoms with van der Waals surface area (Å²) in [5.41, 5.74) is 6.90. The van der Waals surface area contributed by atoms with Crippen LogP contribution in [-0.2, 0) is 4.74 Å². The molecule has 0 bridgehead atoms. The van der Waals surface area contributed by atoms with E-state index in [4.69, 9.17) is 19.1 Å². The molecule has 224 valence electrons. The maximum atomic E-state index is 12.5. The van der Waals surface area contributed by atoms with Crippen LogP contribution in [0.2, 0.25) is 0 Å². The van der Waals surface area contributed by atoms with Crippen LogP contribution < -0.4 is 0 Å². The van der Waals surface area contributed by atoms with Crippen molar-refractivity contribution in [3.63, 3.8) is 0 Å². The van der Waals surface area contributed by atoms with E-state index in [0.717, 1.165) is 70.0 Å². The third-order valence-electron chi connectivity index (χ3n) is 8.97. The largest absolute Gasteiger partial charge is 0.465 e. The molecule has 8 rings (SSSR count).